The highest BCUT2D eigenvalue weighted by atomic mass is 32.1. The van der Waals surface area contributed by atoms with E-state index >= 15 is 0 Å². The Bertz CT molecular complexity index is 501. The lowest BCUT2D eigenvalue weighted by Gasteiger charge is -1.93. The molecule has 0 bridgehead atoms. The fraction of sp³-hybridized carbons (Fsp3) is 0.100. The Balaban J connectivity index is 1.94. The number of aromatic nitrogens is 2. The van der Waals surface area contributed by atoms with Gasteiger partial charge in [-0.3, -0.25) is 9.48 Å². The molecule has 0 spiro atoms. The van der Waals surface area contributed by atoms with E-state index in [0.717, 1.165) is 4.88 Å². The van der Waals surface area contributed by atoms with E-state index in [-0.39, 0.29) is 5.91 Å². The maximum absolute atomic E-state index is 11.5. The lowest BCUT2D eigenvalue weighted by atomic mass is 10.4. The Labute approximate surface area is 96.4 Å². The molecule has 0 fully saturated rings. The summed E-state index contributed by atoms with van der Waals surface area (Å²) >= 11 is 1.55. The van der Waals surface area contributed by atoms with Crippen LogP contribution in [0, 0.1) is 0 Å². The molecule has 82 valence electrons. The van der Waals surface area contributed by atoms with Gasteiger partial charge in [0.1, 0.15) is 0 Å². The van der Waals surface area contributed by atoms with Crippen LogP contribution in [-0.4, -0.2) is 21.9 Å². The van der Waals surface area contributed by atoms with Crippen LogP contribution < -0.4 is 5.43 Å². The topological polar surface area (TPSA) is 59.3 Å². The van der Waals surface area contributed by atoms with E-state index in [2.05, 4.69) is 15.6 Å². The number of hydrazone groups is 1. The van der Waals surface area contributed by atoms with Gasteiger partial charge in [-0.25, -0.2) is 5.43 Å². The number of nitrogens with zero attached hydrogens (tertiary/aromatic N) is 3. The third-order valence-electron chi connectivity index (χ3n) is 1.85. The normalized spacial score (nSPS) is 10.8. The highest BCUT2D eigenvalue weighted by Crippen LogP contribution is 2.04. The number of carbonyl (C=O) groups excluding carboxylic acids is 1. The smallest absolute Gasteiger partial charge is 0.275 e. The van der Waals surface area contributed by atoms with Crippen molar-refractivity contribution >= 4 is 23.5 Å². The SMILES string of the molecule is Cn1ccc(C(=O)N/N=C\c2cccs2)n1. The predicted octanol–water partition coefficient (Wildman–Crippen LogP) is 1.25. The van der Waals surface area contributed by atoms with Crippen molar-refractivity contribution < 1.29 is 4.79 Å². The molecule has 0 saturated heterocycles. The summed E-state index contributed by atoms with van der Waals surface area (Å²) in [5.74, 6) is -0.312. The molecule has 1 N–H and O–H groups in total. The van der Waals surface area contributed by atoms with E-state index in [1.54, 1.807) is 41.5 Å². The number of amides is 1. The Kier molecular flexibility index (Phi) is 3.11. The Morgan fingerprint density at radius 2 is 2.50 bits per heavy atom. The molecule has 0 atom stereocenters. The van der Waals surface area contributed by atoms with Crippen molar-refractivity contribution in [3.05, 3.63) is 40.3 Å². The van der Waals surface area contributed by atoms with Crippen LogP contribution in [0.1, 0.15) is 15.4 Å². The van der Waals surface area contributed by atoms with Gasteiger partial charge < -0.3 is 0 Å². The highest BCUT2D eigenvalue weighted by molar-refractivity contribution is 7.11. The van der Waals surface area contributed by atoms with Crippen molar-refractivity contribution in [2.24, 2.45) is 12.1 Å². The van der Waals surface area contributed by atoms with Crippen LogP contribution in [0.4, 0.5) is 0 Å². The van der Waals surface area contributed by atoms with Crippen LogP contribution in [0.5, 0.6) is 0 Å². The molecule has 0 aliphatic carbocycles. The molecule has 1 amide bonds. The van der Waals surface area contributed by atoms with Gasteiger partial charge in [-0.1, -0.05) is 6.07 Å². The average Bonchev–Trinajstić information content (AvgIpc) is 2.89. The fourth-order valence-electron chi connectivity index (χ4n) is 1.11. The maximum Gasteiger partial charge on any atom is 0.291 e. The standard InChI is InChI=1S/C10H10N4OS/c1-14-5-4-9(13-14)10(15)12-11-7-8-3-2-6-16-8/h2-7H,1H3,(H,12,15)/b11-7-. The number of carbonyl (C=O) groups is 1. The molecule has 2 rings (SSSR count). The van der Waals surface area contributed by atoms with Gasteiger partial charge in [0.15, 0.2) is 5.69 Å². The molecule has 16 heavy (non-hydrogen) atoms. The quantitative estimate of drug-likeness (QED) is 0.641. The second-order valence-electron chi connectivity index (χ2n) is 3.09. The number of nitrogens with one attached hydrogen (secondary N) is 1. The van der Waals surface area contributed by atoms with Crippen molar-refractivity contribution in [2.45, 2.75) is 0 Å². The van der Waals surface area contributed by atoms with Crippen molar-refractivity contribution in [2.75, 3.05) is 0 Å². The molecule has 6 heteroatoms. The number of thiophene rings is 1. The van der Waals surface area contributed by atoms with Gasteiger partial charge in [0, 0.05) is 18.1 Å². The van der Waals surface area contributed by atoms with Crippen LogP contribution in [0.25, 0.3) is 0 Å². The van der Waals surface area contributed by atoms with E-state index in [4.69, 9.17) is 0 Å². The summed E-state index contributed by atoms with van der Waals surface area (Å²) in [7, 11) is 1.76. The molecule has 2 aromatic heterocycles. The molecule has 0 aromatic carbocycles. The number of rotatable bonds is 3. The van der Waals surface area contributed by atoms with Crippen molar-refractivity contribution in [3.8, 4) is 0 Å². The van der Waals surface area contributed by atoms with E-state index in [1.807, 2.05) is 17.5 Å². The molecular formula is C10H10N4OS. The van der Waals surface area contributed by atoms with Gasteiger partial charge in [-0.2, -0.15) is 10.2 Å². The first-order chi connectivity index (χ1) is 7.75. The Morgan fingerprint density at radius 1 is 1.62 bits per heavy atom. The minimum atomic E-state index is -0.312. The molecular weight excluding hydrogens is 224 g/mol. The second kappa shape index (κ2) is 4.71. The molecule has 2 aromatic rings. The lowest BCUT2D eigenvalue weighted by molar-refractivity contribution is 0.0949. The molecule has 5 nitrogen and oxygen atoms in total. The minimum Gasteiger partial charge on any atom is -0.275 e. The van der Waals surface area contributed by atoms with Crippen LogP contribution in [-0.2, 0) is 7.05 Å². The monoisotopic (exact) mass is 234 g/mol. The lowest BCUT2D eigenvalue weighted by Crippen LogP contribution is -2.18. The predicted molar refractivity (Wildman–Crippen MR) is 62.6 cm³/mol. The first-order valence-electron chi connectivity index (χ1n) is 4.62. The summed E-state index contributed by atoms with van der Waals surface area (Å²) < 4.78 is 1.57. The third kappa shape index (κ3) is 2.54. The second-order valence-corrected chi connectivity index (χ2v) is 4.07. The van der Waals surface area contributed by atoms with E-state index in [1.165, 1.54) is 0 Å². The van der Waals surface area contributed by atoms with E-state index < -0.39 is 0 Å². The summed E-state index contributed by atoms with van der Waals surface area (Å²) in [5, 5.41) is 9.74. The van der Waals surface area contributed by atoms with Gasteiger partial charge in [-0.05, 0) is 17.5 Å². The van der Waals surface area contributed by atoms with Crippen molar-refractivity contribution in [1.29, 1.82) is 0 Å². The molecule has 0 aliphatic rings. The number of hydrogen-bond acceptors (Lipinski definition) is 4. The van der Waals surface area contributed by atoms with Gasteiger partial charge in [0.25, 0.3) is 5.91 Å². The first-order valence-corrected chi connectivity index (χ1v) is 5.50. The van der Waals surface area contributed by atoms with Crippen LogP contribution >= 0.6 is 11.3 Å². The summed E-state index contributed by atoms with van der Waals surface area (Å²) in [6.45, 7) is 0. The summed E-state index contributed by atoms with van der Waals surface area (Å²) in [4.78, 5) is 12.5. The van der Waals surface area contributed by atoms with Gasteiger partial charge >= 0.3 is 0 Å². The van der Waals surface area contributed by atoms with E-state index in [9.17, 15) is 4.79 Å². The van der Waals surface area contributed by atoms with Gasteiger partial charge in [0.05, 0.1) is 6.21 Å². The van der Waals surface area contributed by atoms with Crippen LogP contribution in [0.15, 0.2) is 34.9 Å². The zero-order valence-electron chi connectivity index (χ0n) is 8.62. The number of aryl methyl sites for hydroxylation is 1. The molecule has 0 aliphatic heterocycles. The molecule has 0 unspecified atom stereocenters. The summed E-state index contributed by atoms with van der Waals surface area (Å²) in [6, 6.07) is 5.48. The largest absolute Gasteiger partial charge is 0.291 e. The molecule has 0 radical (unpaired) electrons. The maximum atomic E-state index is 11.5. The van der Waals surface area contributed by atoms with E-state index in [0.29, 0.717) is 5.69 Å². The van der Waals surface area contributed by atoms with Crippen molar-refractivity contribution in [3.63, 3.8) is 0 Å². The third-order valence-corrected chi connectivity index (χ3v) is 2.65. The Hall–Kier alpha value is -1.95. The van der Waals surface area contributed by atoms with Crippen LogP contribution in [0.2, 0.25) is 0 Å². The van der Waals surface area contributed by atoms with Crippen LogP contribution in [0.3, 0.4) is 0 Å². The minimum absolute atomic E-state index is 0.312. The fourth-order valence-corrected chi connectivity index (χ4v) is 1.70. The number of hydrogen-bond donors (Lipinski definition) is 1. The van der Waals surface area contributed by atoms with Gasteiger partial charge in [0.2, 0.25) is 0 Å². The zero-order valence-corrected chi connectivity index (χ0v) is 9.44. The first kappa shape index (κ1) is 10.6. The van der Waals surface area contributed by atoms with Gasteiger partial charge in [-0.15, -0.1) is 11.3 Å². The summed E-state index contributed by atoms with van der Waals surface area (Å²) in [5.41, 5.74) is 2.76. The molecule has 2 heterocycles. The Morgan fingerprint density at radius 3 is 3.12 bits per heavy atom. The molecule has 0 saturated carbocycles. The highest BCUT2D eigenvalue weighted by Gasteiger charge is 2.06. The average molecular weight is 234 g/mol. The van der Waals surface area contributed by atoms with Crippen molar-refractivity contribution in [1.82, 2.24) is 15.2 Å². The zero-order chi connectivity index (χ0) is 11.4. The summed E-state index contributed by atoms with van der Waals surface area (Å²) in [6.07, 6.45) is 3.31.